The van der Waals surface area contributed by atoms with Gasteiger partial charge in [0.05, 0.1) is 17.8 Å². The molecule has 6 rings (SSSR count). The number of anilines is 2. The molecule has 2 aromatic carbocycles. The van der Waals surface area contributed by atoms with E-state index in [0.29, 0.717) is 16.9 Å². The molecule has 202 valence electrons. The number of pyridine rings is 1. The first-order valence-corrected chi connectivity index (χ1v) is 12.2. The predicted molar refractivity (Wildman–Crippen MR) is 141 cm³/mol. The molecule has 1 amide bonds. The fourth-order valence-corrected chi connectivity index (χ4v) is 4.15. The minimum atomic E-state index is -0.779. The van der Waals surface area contributed by atoms with E-state index in [-0.39, 0.29) is 35.0 Å². The van der Waals surface area contributed by atoms with Gasteiger partial charge in [0, 0.05) is 30.2 Å². The number of fused-ring (bicyclic) bond motifs is 1. The third kappa shape index (κ3) is 4.73. The van der Waals surface area contributed by atoms with Crippen LogP contribution in [0.4, 0.5) is 20.3 Å². The van der Waals surface area contributed by atoms with Crippen molar-refractivity contribution in [3.63, 3.8) is 0 Å². The van der Waals surface area contributed by atoms with Crippen molar-refractivity contribution in [2.75, 3.05) is 17.2 Å². The van der Waals surface area contributed by atoms with Crippen LogP contribution in [0.1, 0.15) is 23.2 Å². The molecule has 4 N–H and O–H groups in total. The van der Waals surface area contributed by atoms with Gasteiger partial charge in [-0.1, -0.05) is 0 Å². The number of carbonyl (C=O) groups is 1. The van der Waals surface area contributed by atoms with Crippen LogP contribution >= 0.6 is 0 Å². The molecule has 11 nitrogen and oxygen atoms in total. The Hall–Kier alpha value is -5.17. The molecular formula is C27H21F2N7O4. The summed E-state index contributed by atoms with van der Waals surface area (Å²) >= 11 is 0. The first-order valence-electron chi connectivity index (χ1n) is 12.2. The van der Waals surface area contributed by atoms with Crippen LogP contribution < -0.4 is 20.9 Å². The second-order valence-corrected chi connectivity index (χ2v) is 9.31. The Morgan fingerprint density at radius 1 is 1.07 bits per heavy atom. The number of aliphatic hydroxyl groups excluding tert-OH is 1. The zero-order valence-electron chi connectivity index (χ0n) is 20.7. The average molecular weight is 546 g/mol. The Bertz CT molecular complexity index is 1800. The lowest BCUT2D eigenvalue weighted by molar-refractivity contribution is 0.102. The smallest absolute Gasteiger partial charge is 0.284 e. The number of aromatic amines is 1. The van der Waals surface area contributed by atoms with Crippen molar-refractivity contribution in [3.05, 3.63) is 94.5 Å². The lowest BCUT2D eigenvalue weighted by Crippen LogP contribution is -2.29. The van der Waals surface area contributed by atoms with Crippen molar-refractivity contribution in [2.45, 2.75) is 18.4 Å². The predicted octanol–water partition coefficient (Wildman–Crippen LogP) is 3.76. The zero-order valence-corrected chi connectivity index (χ0v) is 20.7. The molecule has 0 saturated heterocycles. The summed E-state index contributed by atoms with van der Waals surface area (Å²) in [6.45, 7) is -0.0564. The number of aromatic nitrogens is 5. The van der Waals surface area contributed by atoms with Crippen molar-refractivity contribution in [2.24, 2.45) is 0 Å². The largest absolute Gasteiger partial charge is 0.453 e. The number of carbonyl (C=O) groups excluding carboxylic acids is 1. The van der Waals surface area contributed by atoms with Crippen LogP contribution in [-0.4, -0.2) is 48.1 Å². The van der Waals surface area contributed by atoms with Gasteiger partial charge in [-0.3, -0.25) is 14.7 Å². The summed E-state index contributed by atoms with van der Waals surface area (Å²) in [6.07, 6.45) is 4.32. The molecule has 5 aromatic rings. The topological polar surface area (TPSA) is 147 Å². The van der Waals surface area contributed by atoms with Gasteiger partial charge in [0.1, 0.15) is 22.5 Å². The first kappa shape index (κ1) is 25.1. The number of nitrogens with zero attached hydrogens (tertiary/aromatic N) is 4. The lowest BCUT2D eigenvalue weighted by atomic mass is 10.2. The fraction of sp³-hybridized carbons (Fsp3) is 0.148. The quantitative estimate of drug-likeness (QED) is 0.231. The number of hydrogen-bond donors (Lipinski definition) is 4. The van der Waals surface area contributed by atoms with E-state index in [9.17, 15) is 19.1 Å². The maximum absolute atomic E-state index is 15.1. The Morgan fingerprint density at radius 3 is 2.60 bits per heavy atom. The monoisotopic (exact) mass is 545 g/mol. The van der Waals surface area contributed by atoms with Crippen molar-refractivity contribution >= 4 is 28.4 Å². The number of ether oxygens (including phenoxy) is 1. The molecule has 1 aliphatic rings. The van der Waals surface area contributed by atoms with E-state index < -0.39 is 28.6 Å². The van der Waals surface area contributed by atoms with Crippen LogP contribution in [0.25, 0.3) is 16.7 Å². The molecule has 0 radical (unpaired) electrons. The number of H-pyrrole nitrogens is 1. The first-order chi connectivity index (χ1) is 19.4. The molecule has 0 aliphatic heterocycles. The number of hydrogen-bond acceptors (Lipinski definition) is 8. The summed E-state index contributed by atoms with van der Waals surface area (Å²) in [5.74, 6) is -1.44. The number of amides is 1. The molecule has 0 atom stereocenters. The summed E-state index contributed by atoms with van der Waals surface area (Å²) in [5.41, 5.74) is -0.635. The summed E-state index contributed by atoms with van der Waals surface area (Å²) in [6, 6.07) is 11.7. The van der Waals surface area contributed by atoms with E-state index in [2.05, 4.69) is 30.9 Å². The minimum Gasteiger partial charge on any atom is -0.453 e. The third-order valence-electron chi connectivity index (χ3n) is 6.53. The molecule has 13 heteroatoms. The van der Waals surface area contributed by atoms with Crippen LogP contribution in [-0.2, 0) is 0 Å². The van der Waals surface area contributed by atoms with Crippen LogP contribution in [0.2, 0.25) is 0 Å². The normalized spacial score (nSPS) is 13.7. The number of halogens is 2. The van der Waals surface area contributed by atoms with Gasteiger partial charge in [0.15, 0.2) is 23.0 Å². The number of nitrogens with one attached hydrogen (secondary N) is 3. The number of benzene rings is 2. The van der Waals surface area contributed by atoms with Crippen LogP contribution in [0.5, 0.6) is 11.5 Å². The van der Waals surface area contributed by atoms with Gasteiger partial charge in [-0.25, -0.2) is 13.8 Å². The molecule has 1 fully saturated rings. The SMILES string of the molecule is O=C(Nc1ccc(Oc2ccnc3[nH]nc(NC4(CO)CC4)c23)c(F)c1)c1ccnn(-c2ccc(F)cc2)c1=O. The molecule has 0 bridgehead atoms. The Labute approximate surface area is 224 Å². The fourth-order valence-electron chi connectivity index (χ4n) is 4.15. The highest BCUT2D eigenvalue weighted by atomic mass is 19.1. The van der Waals surface area contributed by atoms with Gasteiger partial charge in [-0.15, -0.1) is 0 Å². The maximum Gasteiger partial charge on any atom is 0.284 e. The molecular weight excluding hydrogens is 524 g/mol. The van der Waals surface area contributed by atoms with E-state index in [1.165, 1.54) is 54.9 Å². The minimum absolute atomic E-state index is 0.0564. The van der Waals surface area contributed by atoms with Crippen LogP contribution in [0.15, 0.2) is 71.8 Å². The van der Waals surface area contributed by atoms with Gasteiger partial charge in [-0.2, -0.15) is 14.9 Å². The van der Waals surface area contributed by atoms with Gasteiger partial charge >= 0.3 is 0 Å². The van der Waals surface area contributed by atoms with Crippen molar-refractivity contribution < 1.29 is 23.4 Å². The molecule has 0 unspecified atom stereocenters. The lowest BCUT2D eigenvalue weighted by Gasteiger charge is -2.15. The van der Waals surface area contributed by atoms with E-state index in [1.807, 2.05) is 0 Å². The Morgan fingerprint density at radius 2 is 1.88 bits per heavy atom. The Balaban J connectivity index is 1.22. The van der Waals surface area contributed by atoms with E-state index in [1.54, 1.807) is 6.07 Å². The summed E-state index contributed by atoms with van der Waals surface area (Å²) in [5, 5.41) is 26.8. The molecule has 1 saturated carbocycles. The summed E-state index contributed by atoms with van der Waals surface area (Å²) in [7, 11) is 0. The van der Waals surface area contributed by atoms with Gasteiger partial charge in [-0.05, 0) is 55.3 Å². The molecule has 0 spiro atoms. The van der Waals surface area contributed by atoms with E-state index in [0.717, 1.165) is 23.6 Å². The number of rotatable bonds is 8. The third-order valence-corrected chi connectivity index (χ3v) is 6.53. The second-order valence-electron chi connectivity index (χ2n) is 9.31. The molecule has 40 heavy (non-hydrogen) atoms. The highest BCUT2D eigenvalue weighted by Gasteiger charge is 2.43. The summed E-state index contributed by atoms with van der Waals surface area (Å²) in [4.78, 5) is 29.9. The van der Waals surface area contributed by atoms with E-state index >= 15 is 4.39 Å². The second kappa shape index (κ2) is 9.85. The Kier molecular flexibility index (Phi) is 6.19. The van der Waals surface area contributed by atoms with Crippen molar-refractivity contribution in [3.8, 4) is 17.2 Å². The van der Waals surface area contributed by atoms with Gasteiger partial charge < -0.3 is 20.5 Å². The highest BCUT2D eigenvalue weighted by molar-refractivity contribution is 6.04. The van der Waals surface area contributed by atoms with Crippen LogP contribution in [0, 0.1) is 11.6 Å². The zero-order chi connectivity index (χ0) is 27.9. The van der Waals surface area contributed by atoms with Crippen molar-refractivity contribution in [1.29, 1.82) is 0 Å². The standard InChI is InChI=1S/C27H21F2N7O4/c28-15-1-4-17(5-2-15)36-26(39)18(7-12-31-36)25(38)32-16-3-6-20(19(29)13-16)40-21-8-11-30-23-22(21)24(35-34-23)33-27(14-37)9-10-27/h1-8,11-13,37H,9-10,14H2,(H,32,38)(H2,30,33,34,35). The van der Waals surface area contributed by atoms with Crippen molar-refractivity contribution in [1.82, 2.24) is 25.0 Å². The highest BCUT2D eigenvalue weighted by Crippen LogP contribution is 2.41. The molecule has 1 aliphatic carbocycles. The molecule has 3 aromatic heterocycles. The summed E-state index contributed by atoms with van der Waals surface area (Å²) < 4.78 is 35.1. The van der Waals surface area contributed by atoms with Gasteiger partial charge in [0.25, 0.3) is 11.5 Å². The van der Waals surface area contributed by atoms with E-state index in [4.69, 9.17) is 4.74 Å². The van der Waals surface area contributed by atoms with Gasteiger partial charge in [0.2, 0.25) is 0 Å². The average Bonchev–Trinajstić information content (AvgIpc) is 3.61. The number of aliphatic hydroxyl groups is 1. The maximum atomic E-state index is 15.1. The molecule has 3 heterocycles. The van der Waals surface area contributed by atoms with Crippen LogP contribution in [0.3, 0.4) is 0 Å².